The Kier molecular flexibility index (Phi) is 3.51. The van der Waals surface area contributed by atoms with Crippen molar-refractivity contribution in [2.45, 2.75) is 39.7 Å². The van der Waals surface area contributed by atoms with E-state index in [0.717, 1.165) is 24.8 Å². The van der Waals surface area contributed by atoms with Crippen molar-refractivity contribution in [3.05, 3.63) is 35.9 Å². The van der Waals surface area contributed by atoms with Crippen LogP contribution in [0.4, 0.5) is 0 Å². The largest absolute Gasteiger partial charge is 0.460 e. The molecule has 1 atom stereocenters. The lowest BCUT2D eigenvalue weighted by molar-refractivity contribution is -0.153. The quantitative estimate of drug-likeness (QED) is 0.726. The van der Waals surface area contributed by atoms with Crippen LogP contribution in [0.3, 0.4) is 0 Å². The molecule has 0 bridgehead atoms. The molecule has 0 radical (unpaired) electrons. The van der Waals surface area contributed by atoms with Gasteiger partial charge in [-0.15, -0.1) is 0 Å². The summed E-state index contributed by atoms with van der Waals surface area (Å²) in [5.74, 6) is 0.432. The van der Waals surface area contributed by atoms with E-state index >= 15 is 0 Å². The van der Waals surface area contributed by atoms with E-state index in [1.165, 1.54) is 0 Å². The topological polar surface area (TPSA) is 26.3 Å². The molecule has 1 aromatic rings. The van der Waals surface area contributed by atoms with Gasteiger partial charge in [-0.05, 0) is 24.3 Å². The number of ether oxygens (including phenoxy) is 1. The number of hydrogen-bond donors (Lipinski definition) is 0. The van der Waals surface area contributed by atoms with Crippen molar-refractivity contribution in [3.63, 3.8) is 0 Å². The zero-order valence-electron chi connectivity index (χ0n) is 10.6. The third-order valence-electron chi connectivity index (χ3n) is 3.96. The Morgan fingerprint density at radius 1 is 1.35 bits per heavy atom. The van der Waals surface area contributed by atoms with E-state index in [-0.39, 0.29) is 11.4 Å². The van der Waals surface area contributed by atoms with Gasteiger partial charge >= 0.3 is 5.97 Å². The molecule has 92 valence electrons. The van der Waals surface area contributed by atoms with Gasteiger partial charge in [-0.3, -0.25) is 4.79 Å². The highest BCUT2D eigenvalue weighted by Crippen LogP contribution is 2.54. The first-order valence-corrected chi connectivity index (χ1v) is 6.40. The minimum absolute atomic E-state index is 0.00398. The van der Waals surface area contributed by atoms with Crippen LogP contribution in [0.25, 0.3) is 0 Å². The molecule has 1 aromatic carbocycles. The van der Waals surface area contributed by atoms with E-state index < -0.39 is 0 Å². The third-order valence-corrected chi connectivity index (χ3v) is 3.96. The van der Waals surface area contributed by atoms with E-state index in [9.17, 15) is 4.79 Å². The minimum atomic E-state index is -0.163. The Labute approximate surface area is 103 Å². The van der Waals surface area contributed by atoms with Crippen molar-refractivity contribution in [2.24, 2.45) is 11.3 Å². The Morgan fingerprint density at radius 3 is 2.53 bits per heavy atom. The molecule has 0 unspecified atom stereocenters. The standard InChI is InChI=1S/C15H20O2/c1-3-12(2)15(9-10-15)14(16)17-11-13-7-5-4-6-8-13/h4-8,12H,3,9-11H2,1-2H3/t12-/m0/s1. The molecule has 0 saturated heterocycles. The molecule has 0 heterocycles. The molecule has 1 aliphatic carbocycles. The molecule has 0 aromatic heterocycles. The number of rotatable bonds is 5. The summed E-state index contributed by atoms with van der Waals surface area (Å²) < 4.78 is 5.44. The summed E-state index contributed by atoms with van der Waals surface area (Å²) in [6.45, 7) is 4.68. The summed E-state index contributed by atoms with van der Waals surface area (Å²) in [6.07, 6.45) is 3.03. The van der Waals surface area contributed by atoms with E-state index in [4.69, 9.17) is 4.74 Å². The molecule has 2 heteroatoms. The lowest BCUT2D eigenvalue weighted by atomic mass is 9.89. The lowest BCUT2D eigenvalue weighted by Gasteiger charge is -2.20. The maximum absolute atomic E-state index is 12.1. The van der Waals surface area contributed by atoms with Crippen LogP contribution in [-0.2, 0) is 16.1 Å². The Balaban J connectivity index is 1.90. The molecule has 0 amide bonds. The molecule has 1 fully saturated rings. The highest BCUT2D eigenvalue weighted by molar-refractivity contribution is 5.80. The van der Waals surface area contributed by atoms with E-state index in [2.05, 4.69) is 13.8 Å². The molecule has 0 N–H and O–H groups in total. The van der Waals surface area contributed by atoms with Crippen molar-refractivity contribution in [1.82, 2.24) is 0 Å². The summed E-state index contributed by atoms with van der Waals surface area (Å²) in [6, 6.07) is 9.86. The lowest BCUT2D eigenvalue weighted by Crippen LogP contribution is -2.25. The molecule has 2 rings (SSSR count). The van der Waals surface area contributed by atoms with Gasteiger partial charge in [-0.2, -0.15) is 0 Å². The van der Waals surface area contributed by atoms with E-state index in [0.29, 0.717) is 12.5 Å². The van der Waals surface area contributed by atoms with Crippen molar-refractivity contribution >= 4 is 5.97 Å². The van der Waals surface area contributed by atoms with Crippen molar-refractivity contribution in [1.29, 1.82) is 0 Å². The smallest absolute Gasteiger partial charge is 0.312 e. The first-order chi connectivity index (χ1) is 8.19. The fourth-order valence-electron chi connectivity index (χ4n) is 2.29. The zero-order valence-corrected chi connectivity index (χ0v) is 10.6. The summed E-state index contributed by atoms with van der Waals surface area (Å²) in [4.78, 5) is 12.1. The van der Waals surface area contributed by atoms with Crippen molar-refractivity contribution in [2.75, 3.05) is 0 Å². The predicted molar refractivity (Wildman–Crippen MR) is 67.4 cm³/mol. The second-order valence-electron chi connectivity index (χ2n) is 5.03. The number of esters is 1. The number of carbonyl (C=O) groups is 1. The van der Waals surface area contributed by atoms with Crippen molar-refractivity contribution in [3.8, 4) is 0 Å². The Morgan fingerprint density at radius 2 is 2.00 bits per heavy atom. The normalized spacial score (nSPS) is 18.5. The monoisotopic (exact) mass is 232 g/mol. The average molecular weight is 232 g/mol. The predicted octanol–water partition coefficient (Wildman–Crippen LogP) is 3.56. The second kappa shape index (κ2) is 4.91. The third kappa shape index (κ3) is 2.51. The fraction of sp³-hybridized carbons (Fsp3) is 0.533. The highest BCUT2D eigenvalue weighted by atomic mass is 16.5. The minimum Gasteiger partial charge on any atom is -0.460 e. The maximum Gasteiger partial charge on any atom is 0.312 e. The molecule has 17 heavy (non-hydrogen) atoms. The Bertz CT molecular complexity index is 379. The van der Waals surface area contributed by atoms with Crippen LogP contribution in [0.15, 0.2) is 30.3 Å². The van der Waals surface area contributed by atoms with Gasteiger partial charge in [0.25, 0.3) is 0 Å². The van der Waals surface area contributed by atoms with Crippen LogP contribution in [0.1, 0.15) is 38.7 Å². The van der Waals surface area contributed by atoms with Crippen LogP contribution in [0.5, 0.6) is 0 Å². The van der Waals surface area contributed by atoms with Crippen LogP contribution >= 0.6 is 0 Å². The maximum atomic E-state index is 12.1. The SMILES string of the molecule is CC[C@H](C)C1(C(=O)OCc2ccccc2)CC1. The van der Waals surface area contributed by atoms with Crippen molar-refractivity contribution < 1.29 is 9.53 Å². The second-order valence-corrected chi connectivity index (χ2v) is 5.03. The zero-order chi connectivity index (χ0) is 12.3. The molecular weight excluding hydrogens is 212 g/mol. The van der Waals surface area contributed by atoms with E-state index in [1.807, 2.05) is 30.3 Å². The van der Waals surface area contributed by atoms with Gasteiger partial charge in [-0.25, -0.2) is 0 Å². The van der Waals surface area contributed by atoms with Gasteiger partial charge in [0.05, 0.1) is 5.41 Å². The van der Waals surface area contributed by atoms with Crippen LogP contribution < -0.4 is 0 Å². The molecule has 0 spiro atoms. The van der Waals surface area contributed by atoms with Crippen LogP contribution in [-0.4, -0.2) is 5.97 Å². The summed E-state index contributed by atoms with van der Waals surface area (Å²) >= 11 is 0. The first-order valence-electron chi connectivity index (χ1n) is 6.40. The molecule has 2 nitrogen and oxygen atoms in total. The van der Waals surface area contributed by atoms with Gasteiger partial charge in [0, 0.05) is 0 Å². The number of hydrogen-bond acceptors (Lipinski definition) is 2. The summed E-state index contributed by atoms with van der Waals surface area (Å²) in [5.41, 5.74) is 0.893. The first kappa shape index (κ1) is 12.2. The van der Waals surface area contributed by atoms with E-state index in [1.54, 1.807) is 0 Å². The average Bonchev–Trinajstić information content (AvgIpc) is 3.17. The molecular formula is C15H20O2. The van der Waals surface area contributed by atoms with Crippen LogP contribution in [0, 0.1) is 11.3 Å². The molecule has 1 saturated carbocycles. The van der Waals surface area contributed by atoms with Crippen LogP contribution in [0.2, 0.25) is 0 Å². The summed E-state index contributed by atoms with van der Waals surface area (Å²) in [7, 11) is 0. The number of benzene rings is 1. The van der Waals surface area contributed by atoms with Gasteiger partial charge in [0.15, 0.2) is 0 Å². The number of carbonyl (C=O) groups excluding carboxylic acids is 1. The van der Waals surface area contributed by atoms with Gasteiger partial charge in [0.2, 0.25) is 0 Å². The fourth-order valence-corrected chi connectivity index (χ4v) is 2.29. The summed E-state index contributed by atoms with van der Waals surface area (Å²) in [5, 5.41) is 0. The molecule has 0 aliphatic heterocycles. The highest BCUT2D eigenvalue weighted by Gasteiger charge is 2.54. The Hall–Kier alpha value is -1.31. The van der Waals surface area contributed by atoms with Gasteiger partial charge < -0.3 is 4.74 Å². The van der Waals surface area contributed by atoms with Gasteiger partial charge in [-0.1, -0.05) is 50.6 Å². The molecule has 1 aliphatic rings. The van der Waals surface area contributed by atoms with Gasteiger partial charge in [0.1, 0.15) is 6.61 Å².